The molecule has 2 heterocycles. The van der Waals surface area contributed by atoms with E-state index in [1.807, 2.05) is 146 Å². The van der Waals surface area contributed by atoms with E-state index < -0.39 is 41.5 Å². The van der Waals surface area contributed by atoms with E-state index in [-0.39, 0.29) is 102 Å². The fraction of sp³-hybridized carbons (Fsp3) is 0.255. The second-order valence-corrected chi connectivity index (χ2v) is 29.2. The van der Waals surface area contributed by atoms with Gasteiger partial charge in [0.1, 0.15) is 54.6 Å². The second-order valence-electron chi connectivity index (χ2n) is 27.5. The van der Waals surface area contributed by atoms with Crippen LogP contribution in [0.3, 0.4) is 0 Å². The van der Waals surface area contributed by atoms with E-state index in [0.717, 1.165) is 70.8 Å². The van der Waals surface area contributed by atoms with Crippen LogP contribution in [0.25, 0.3) is 65.6 Å². The summed E-state index contributed by atoms with van der Waals surface area (Å²) in [5.74, 6) is -1.11. The highest BCUT2D eigenvalue weighted by atomic mass is 79.9. The predicted molar refractivity (Wildman–Crippen MR) is 473 cm³/mol. The van der Waals surface area contributed by atoms with E-state index in [9.17, 15) is 39.4 Å². The van der Waals surface area contributed by atoms with Crippen LogP contribution in [0, 0.1) is 30.1 Å². The Balaban J connectivity index is 0.000000271. The van der Waals surface area contributed by atoms with Crippen LogP contribution in [-0.2, 0) is 45.0 Å². The number of Topliss-reactive ketones (excluding diaryl/α,β-unsaturated/α-hetero) is 3. The molecule has 2 amide bonds. The number of phenols is 2. The molecule has 9 N–H and O–H groups in total. The van der Waals surface area contributed by atoms with E-state index in [1.165, 1.54) is 40.2 Å². The fourth-order valence-electron chi connectivity index (χ4n) is 13.7. The van der Waals surface area contributed by atoms with Crippen molar-refractivity contribution in [3.8, 4) is 57.3 Å². The molecular weight excluding hydrogens is 1590 g/mol. The lowest BCUT2D eigenvalue weighted by molar-refractivity contribution is -0.142. The van der Waals surface area contributed by atoms with Crippen molar-refractivity contribution in [2.45, 2.75) is 105 Å². The van der Waals surface area contributed by atoms with Gasteiger partial charge in [0, 0.05) is 106 Å². The maximum atomic E-state index is 14.8. The summed E-state index contributed by atoms with van der Waals surface area (Å²) < 4.78 is 20.3. The first-order chi connectivity index (χ1) is 55.2. The maximum Gasteiger partial charge on any atom is 0.226 e. The molecule has 596 valence electrons. The van der Waals surface area contributed by atoms with Crippen LogP contribution >= 0.6 is 45.4 Å². The van der Waals surface area contributed by atoms with Gasteiger partial charge in [-0.25, -0.2) is 9.97 Å². The van der Waals surface area contributed by atoms with Gasteiger partial charge >= 0.3 is 0 Å². The Bertz CT molecular complexity index is 5370. The number of halogens is 2. The summed E-state index contributed by atoms with van der Waals surface area (Å²) >= 11 is 6.99. The Morgan fingerprint density at radius 3 is 1.74 bits per heavy atom. The molecular formula is C94H100Br2N8O10S. The van der Waals surface area contributed by atoms with Crippen LogP contribution in [0.1, 0.15) is 110 Å². The molecule has 0 unspecified atom stereocenters. The zero-order valence-electron chi connectivity index (χ0n) is 65.7. The van der Waals surface area contributed by atoms with Crippen molar-refractivity contribution in [1.29, 1.82) is 5.26 Å². The van der Waals surface area contributed by atoms with Crippen molar-refractivity contribution in [2.24, 2.45) is 29.0 Å². The third kappa shape index (κ3) is 23.3. The highest BCUT2D eigenvalue weighted by Crippen LogP contribution is 2.42. The van der Waals surface area contributed by atoms with Crippen LogP contribution < -0.4 is 36.7 Å². The molecule has 12 aromatic rings. The lowest BCUT2D eigenvalue weighted by atomic mass is 9.88. The summed E-state index contributed by atoms with van der Waals surface area (Å²) in [5, 5.41) is 39.6. The standard InChI is InChI=1S/C52H60N8O7.C17H13BrO.C12H12O.C10H7BrO.C3H6.H2S/c1-5-34-13-15-39(38-10-7-6-9-37(34)38)50-57-30-42(32(3)58-50)45(62)29-36(18-20-54)52(65)60(4)49-35-14-17-48(67-24-22-56)41(28-35)40-26-33(12-16-47(40)66-23-21-55)27-43(44(61)11-8-19-53)59-51(64)31(2)25-46(49)63;18-16-10-11-17(15-9-5-4-8-14(15)16)19-12-13-6-2-1-3-7-13;1-2-9-7-8-12(13)11-6-4-3-5-10(9)11;11-9-5-6-10(12)8-4-2-1-3-7(8)9;1-3-2;/h6-7,9-10,12-17,26,28,30-31,36,43,49H,5,8,11,18,20-25,27,29,54-56H2,1-4H3,(H,59,64);1-11H,12H2;3-8,13H,2H2,1H3;1-6,12H;3H,1H2,2H3;1H2/t31-,36-,43+,49+;;;;;/m1...../s1. The number of benzene rings is 11. The van der Waals surface area contributed by atoms with Crippen molar-refractivity contribution in [3.63, 3.8) is 0 Å². The number of nitrogens with two attached hydrogens (primary N) is 3. The summed E-state index contributed by atoms with van der Waals surface area (Å²) in [6.07, 6.45) is 4.70. The van der Waals surface area contributed by atoms with Crippen LogP contribution in [0.2, 0.25) is 0 Å². The van der Waals surface area contributed by atoms with Gasteiger partial charge in [-0.05, 0) is 155 Å². The number of aromatic nitrogens is 2. The largest absolute Gasteiger partial charge is 0.507 e. The van der Waals surface area contributed by atoms with Crippen molar-refractivity contribution in [1.82, 2.24) is 20.2 Å². The molecule has 0 aliphatic carbocycles. The van der Waals surface area contributed by atoms with Gasteiger partial charge in [-0.3, -0.25) is 24.0 Å². The van der Waals surface area contributed by atoms with Gasteiger partial charge in [0.15, 0.2) is 23.2 Å². The average Bonchev–Trinajstić information content (AvgIpc) is 0.779. The number of hydrogen-bond donors (Lipinski definition) is 6. The zero-order chi connectivity index (χ0) is 81.8. The van der Waals surface area contributed by atoms with E-state index in [2.05, 4.69) is 99.0 Å². The Labute approximate surface area is 696 Å². The Morgan fingerprint density at radius 1 is 0.643 bits per heavy atom. The molecule has 0 fully saturated rings. The number of carbonyl (C=O) groups is 5. The van der Waals surface area contributed by atoms with Gasteiger partial charge in [-0.2, -0.15) is 18.8 Å². The Kier molecular flexibility index (Phi) is 34.6. The SMILES string of the molecule is Brc1ccc(OCc2ccccc2)c2ccccc12.C=CC.CCc1ccc(-c2ncc(C(=O)C[C@@H](CCN)C(=O)N(C)[C@@H]3C(=O)C[C@@H](C)C(=O)N[C@H](C(=O)CCC#N)Cc4ccc(OCCN)c(c4)-c4cc3ccc4OCCN)c(C)n2)c2ccccc12.CCc1ccc(O)c2ccccc12.Oc1ccc(Br)c2ccccc12.S. The number of amides is 2. The molecule has 1 aliphatic heterocycles. The second kappa shape index (κ2) is 44.5. The molecule has 115 heavy (non-hydrogen) atoms. The number of nitriles is 1. The maximum absolute atomic E-state index is 14.8. The highest BCUT2D eigenvalue weighted by Gasteiger charge is 2.37. The minimum absolute atomic E-state index is 0. The lowest BCUT2D eigenvalue weighted by Gasteiger charge is -2.32. The highest BCUT2D eigenvalue weighted by molar-refractivity contribution is 9.11. The summed E-state index contributed by atoms with van der Waals surface area (Å²) in [6, 6.07) is 67.8. The molecule has 0 radical (unpaired) electrons. The number of carbonyl (C=O) groups excluding carboxylic acids is 5. The summed E-state index contributed by atoms with van der Waals surface area (Å²) in [6.45, 7) is 14.2. The predicted octanol–water partition coefficient (Wildman–Crippen LogP) is 18.7. The number of nitrogens with one attached hydrogen (secondary N) is 1. The lowest BCUT2D eigenvalue weighted by Crippen LogP contribution is -2.46. The number of likely N-dealkylation sites (N-methyl/N-ethyl adjacent to an activating group) is 1. The van der Waals surface area contributed by atoms with Crippen molar-refractivity contribution in [2.75, 3.05) is 39.9 Å². The number of aryl methyl sites for hydroxylation is 3. The summed E-state index contributed by atoms with van der Waals surface area (Å²) in [5.41, 5.74) is 25.2. The molecule has 21 heteroatoms. The number of allylic oxidation sites excluding steroid dienone is 1. The molecule has 0 spiro atoms. The van der Waals surface area contributed by atoms with Crippen molar-refractivity contribution >= 4 is 118 Å². The molecule has 1 aliphatic rings. The molecule has 13 rings (SSSR count). The first kappa shape index (κ1) is 89.5. The number of phenolic OH excluding ortho intramolecular Hbond substituents is 2. The summed E-state index contributed by atoms with van der Waals surface area (Å²) in [7, 11) is 1.50. The van der Waals surface area contributed by atoms with E-state index in [0.29, 0.717) is 63.4 Å². The first-order valence-corrected chi connectivity index (χ1v) is 39.8. The fourth-order valence-corrected chi connectivity index (χ4v) is 14.7. The molecule has 18 nitrogen and oxygen atoms in total. The zero-order valence-corrected chi connectivity index (χ0v) is 69.9. The molecule has 1 aromatic heterocycles. The molecule has 0 saturated carbocycles. The number of rotatable bonds is 22. The number of hydrogen-bond acceptors (Lipinski definition) is 16. The molecule has 0 saturated heterocycles. The third-order valence-corrected chi connectivity index (χ3v) is 20.9. The number of ether oxygens (including phenoxy) is 3. The molecule has 4 bridgehead atoms. The van der Waals surface area contributed by atoms with Crippen LogP contribution in [0.5, 0.6) is 28.7 Å². The van der Waals surface area contributed by atoms with Gasteiger partial charge in [0.05, 0.1) is 23.4 Å². The number of fused-ring (bicyclic) bond motifs is 9. The van der Waals surface area contributed by atoms with E-state index >= 15 is 0 Å². The van der Waals surface area contributed by atoms with Gasteiger partial charge in [0.2, 0.25) is 11.8 Å². The quantitative estimate of drug-likeness (QED) is 0.0271. The molecule has 11 aromatic carbocycles. The van der Waals surface area contributed by atoms with Crippen LogP contribution in [-0.4, -0.2) is 100 Å². The van der Waals surface area contributed by atoms with E-state index in [4.69, 9.17) is 36.4 Å². The normalized spacial score (nSPS) is 13.8. The van der Waals surface area contributed by atoms with Gasteiger partial charge < -0.3 is 51.8 Å². The van der Waals surface area contributed by atoms with Gasteiger partial charge in [-0.15, -0.1) is 6.58 Å². The first-order valence-electron chi connectivity index (χ1n) is 38.2. The number of aromatic hydroxyl groups is 2. The third-order valence-electron chi connectivity index (χ3n) is 19.5. The Morgan fingerprint density at radius 2 is 1.16 bits per heavy atom. The van der Waals surface area contributed by atoms with Gasteiger partial charge in [0.25, 0.3) is 0 Å². The van der Waals surface area contributed by atoms with Crippen molar-refractivity contribution < 1.29 is 48.4 Å². The van der Waals surface area contributed by atoms with Gasteiger partial charge in [-0.1, -0.05) is 216 Å². The van der Waals surface area contributed by atoms with Crippen LogP contribution in [0.15, 0.2) is 240 Å². The van der Waals surface area contributed by atoms with Crippen LogP contribution in [0.4, 0.5) is 0 Å². The van der Waals surface area contributed by atoms with E-state index in [1.54, 1.807) is 62.4 Å². The number of nitrogens with zero attached hydrogens (tertiary/aromatic N) is 4. The topological polar surface area (TPSA) is 296 Å². The monoisotopic (exact) mass is 1690 g/mol. The molecule has 4 atom stereocenters. The Hall–Kier alpha value is -11.1. The number of ketones is 3. The van der Waals surface area contributed by atoms with Crippen molar-refractivity contribution in [3.05, 3.63) is 279 Å². The minimum Gasteiger partial charge on any atom is -0.507 e. The smallest absolute Gasteiger partial charge is 0.226 e. The minimum atomic E-state index is -1.24. The average molecular weight is 1690 g/mol. The summed E-state index contributed by atoms with van der Waals surface area (Å²) in [4.78, 5) is 81.8.